The first-order valence-electron chi connectivity index (χ1n) is 3.61. The van der Waals surface area contributed by atoms with Gasteiger partial charge in [0.25, 0.3) is 0 Å². The van der Waals surface area contributed by atoms with Gasteiger partial charge in [-0.1, -0.05) is 16.5 Å². The number of hydrogen-bond acceptors (Lipinski definition) is 5. The molecule has 0 N–H and O–H groups in total. The van der Waals surface area contributed by atoms with Crippen molar-refractivity contribution in [1.29, 1.82) is 0 Å². The molecular weight excluding hydrogens is 210 g/mol. The van der Waals surface area contributed by atoms with Gasteiger partial charge in [-0.15, -0.1) is 21.8 Å². The highest BCUT2D eigenvalue weighted by atomic mass is 35.5. The predicted octanol–water partition coefficient (Wildman–Crippen LogP) is 2.24. The van der Waals surface area contributed by atoms with E-state index in [0.717, 1.165) is 21.3 Å². The number of aromatic nitrogens is 3. The molecule has 0 unspecified atom stereocenters. The molecule has 4 nitrogen and oxygen atoms in total. The van der Waals surface area contributed by atoms with E-state index in [9.17, 15) is 0 Å². The van der Waals surface area contributed by atoms with Gasteiger partial charge >= 0.3 is 0 Å². The Labute approximate surface area is 83.5 Å². The highest BCUT2D eigenvalue weighted by molar-refractivity contribution is 7.14. The molecule has 0 aromatic carbocycles. The third-order valence-electron chi connectivity index (χ3n) is 1.56. The van der Waals surface area contributed by atoms with Crippen molar-refractivity contribution in [2.45, 2.75) is 12.8 Å². The third-order valence-corrected chi connectivity index (χ3v) is 2.93. The Hall–Kier alpha value is -0.940. The van der Waals surface area contributed by atoms with Gasteiger partial charge in [-0.3, -0.25) is 0 Å². The van der Waals surface area contributed by atoms with E-state index < -0.39 is 0 Å². The van der Waals surface area contributed by atoms with E-state index in [1.54, 1.807) is 6.20 Å². The fourth-order valence-corrected chi connectivity index (χ4v) is 1.88. The summed E-state index contributed by atoms with van der Waals surface area (Å²) in [4.78, 5) is 0. The van der Waals surface area contributed by atoms with Crippen LogP contribution in [0.4, 0.5) is 0 Å². The number of nitrogens with zero attached hydrogens (tertiary/aromatic N) is 3. The molecule has 0 aliphatic carbocycles. The van der Waals surface area contributed by atoms with Crippen molar-refractivity contribution >= 4 is 22.9 Å². The van der Waals surface area contributed by atoms with E-state index >= 15 is 0 Å². The first kappa shape index (κ1) is 8.65. The van der Waals surface area contributed by atoms with Crippen molar-refractivity contribution in [2.75, 3.05) is 0 Å². The quantitative estimate of drug-likeness (QED) is 0.721. The first-order chi connectivity index (χ1) is 6.31. The highest BCUT2D eigenvalue weighted by Gasteiger charge is 2.11. The standard InChI is InChI=1S/C7H6ClN3OS/c1-4-5(3-9-12-4)7-11-10-6(2-8)13-7/h3H,2H2,1H3. The van der Waals surface area contributed by atoms with Gasteiger partial charge in [-0.05, 0) is 6.92 Å². The van der Waals surface area contributed by atoms with Gasteiger partial charge < -0.3 is 4.52 Å². The van der Waals surface area contributed by atoms with Crippen LogP contribution in [0.2, 0.25) is 0 Å². The lowest BCUT2D eigenvalue weighted by molar-refractivity contribution is 0.398. The molecule has 0 fully saturated rings. The third kappa shape index (κ3) is 1.57. The fourth-order valence-electron chi connectivity index (χ4n) is 0.920. The lowest BCUT2D eigenvalue weighted by Gasteiger charge is -1.85. The summed E-state index contributed by atoms with van der Waals surface area (Å²) in [7, 11) is 0. The fraction of sp³-hybridized carbons (Fsp3) is 0.286. The van der Waals surface area contributed by atoms with Crippen LogP contribution < -0.4 is 0 Å². The molecule has 0 spiro atoms. The minimum absolute atomic E-state index is 0.391. The van der Waals surface area contributed by atoms with E-state index in [1.807, 2.05) is 6.92 Å². The summed E-state index contributed by atoms with van der Waals surface area (Å²) >= 11 is 7.06. The number of alkyl halides is 1. The van der Waals surface area contributed by atoms with Gasteiger partial charge in [0.15, 0.2) is 5.01 Å². The molecular formula is C7H6ClN3OS. The molecule has 2 heterocycles. The van der Waals surface area contributed by atoms with E-state index in [4.69, 9.17) is 16.1 Å². The smallest absolute Gasteiger partial charge is 0.153 e. The summed E-state index contributed by atoms with van der Waals surface area (Å²) in [5.74, 6) is 1.14. The molecule has 2 aromatic heterocycles. The van der Waals surface area contributed by atoms with Crippen molar-refractivity contribution in [3.05, 3.63) is 17.0 Å². The minimum atomic E-state index is 0.391. The first-order valence-corrected chi connectivity index (χ1v) is 4.96. The van der Waals surface area contributed by atoms with Gasteiger partial charge in [-0.2, -0.15) is 0 Å². The molecule has 0 aliphatic rings. The van der Waals surface area contributed by atoms with Crippen LogP contribution >= 0.6 is 22.9 Å². The van der Waals surface area contributed by atoms with Crippen LogP contribution in [-0.2, 0) is 5.88 Å². The monoisotopic (exact) mass is 215 g/mol. The topological polar surface area (TPSA) is 51.8 Å². The van der Waals surface area contributed by atoms with Gasteiger partial charge in [0.1, 0.15) is 10.8 Å². The summed E-state index contributed by atoms with van der Waals surface area (Å²) in [5.41, 5.74) is 0.883. The Kier molecular flexibility index (Phi) is 2.28. The summed E-state index contributed by atoms with van der Waals surface area (Å²) in [5, 5.41) is 13.1. The van der Waals surface area contributed by atoms with Crippen molar-refractivity contribution in [3.63, 3.8) is 0 Å². The zero-order chi connectivity index (χ0) is 9.26. The van der Waals surface area contributed by atoms with Crippen molar-refractivity contribution in [2.24, 2.45) is 0 Å². The van der Waals surface area contributed by atoms with Crippen LogP contribution in [0, 0.1) is 6.92 Å². The Morgan fingerprint density at radius 1 is 1.54 bits per heavy atom. The molecule has 0 amide bonds. The zero-order valence-corrected chi connectivity index (χ0v) is 8.39. The molecule has 0 aliphatic heterocycles. The van der Waals surface area contributed by atoms with Crippen LogP contribution in [0.3, 0.4) is 0 Å². The van der Waals surface area contributed by atoms with E-state index in [0.29, 0.717) is 5.88 Å². The Morgan fingerprint density at radius 2 is 2.38 bits per heavy atom. The molecule has 0 saturated heterocycles. The normalized spacial score (nSPS) is 10.6. The van der Waals surface area contributed by atoms with E-state index in [-0.39, 0.29) is 0 Å². The second-order valence-electron chi connectivity index (χ2n) is 2.43. The maximum atomic E-state index is 5.61. The maximum absolute atomic E-state index is 5.61. The van der Waals surface area contributed by atoms with Crippen LogP contribution in [0.25, 0.3) is 10.6 Å². The molecule has 6 heteroatoms. The van der Waals surface area contributed by atoms with E-state index in [2.05, 4.69) is 15.4 Å². The lowest BCUT2D eigenvalue weighted by Crippen LogP contribution is -1.76. The summed E-state index contributed by atoms with van der Waals surface area (Å²) in [6, 6.07) is 0. The molecule has 0 saturated carbocycles. The maximum Gasteiger partial charge on any atom is 0.153 e. The van der Waals surface area contributed by atoms with Crippen LogP contribution in [0.1, 0.15) is 10.8 Å². The second-order valence-corrected chi connectivity index (χ2v) is 3.76. The van der Waals surface area contributed by atoms with Crippen molar-refractivity contribution in [3.8, 4) is 10.6 Å². The molecule has 0 bridgehead atoms. The molecule has 13 heavy (non-hydrogen) atoms. The van der Waals surface area contributed by atoms with Crippen LogP contribution in [0.15, 0.2) is 10.7 Å². The number of rotatable bonds is 2. The molecule has 2 rings (SSSR count). The molecule has 68 valence electrons. The Balaban J connectivity index is 2.41. The lowest BCUT2D eigenvalue weighted by atomic mass is 10.3. The number of hydrogen-bond donors (Lipinski definition) is 0. The van der Waals surface area contributed by atoms with Gasteiger partial charge in [-0.25, -0.2) is 0 Å². The minimum Gasteiger partial charge on any atom is -0.361 e. The van der Waals surface area contributed by atoms with Gasteiger partial charge in [0.2, 0.25) is 0 Å². The van der Waals surface area contributed by atoms with Crippen molar-refractivity contribution < 1.29 is 4.52 Å². The van der Waals surface area contributed by atoms with Crippen LogP contribution in [0.5, 0.6) is 0 Å². The number of halogens is 1. The van der Waals surface area contributed by atoms with Crippen molar-refractivity contribution in [1.82, 2.24) is 15.4 Å². The number of aryl methyl sites for hydroxylation is 1. The average molecular weight is 216 g/mol. The predicted molar refractivity (Wildman–Crippen MR) is 49.7 cm³/mol. The highest BCUT2D eigenvalue weighted by Crippen LogP contribution is 2.26. The largest absolute Gasteiger partial charge is 0.361 e. The average Bonchev–Trinajstić information content (AvgIpc) is 2.71. The molecule has 2 aromatic rings. The summed E-state index contributed by atoms with van der Waals surface area (Å²) in [6.45, 7) is 1.84. The summed E-state index contributed by atoms with van der Waals surface area (Å²) in [6.07, 6.45) is 1.63. The van der Waals surface area contributed by atoms with Gasteiger partial charge in [0, 0.05) is 0 Å². The Bertz CT molecular complexity index is 411. The SMILES string of the molecule is Cc1oncc1-c1nnc(CCl)s1. The molecule has 0 atom stereocenters. The second kappa shape index (κ2) is 3.43. The van der Waals surface area contributed by atoms with Gasteiger partial charge in [0.05, 0.1) is 17.6 Å². The van der Waals surface area contributed by atoms with Crippen LogP contribution in [-0.4, -0.2) is 15.4 Å². The zero-order valence-electron chi connectivity index (χ0n) is 6.82. The Morgan fingerprint density at radius 3 is 2.92 bits per heavy atom. The van der Waals surface area contributed by atoms with E-state index in [1.165, 1.54) is 11.3 Å². The summed E-state index contributed by atoms with van der Waals surface area (Å²) < 4.78 is 4.92. The molecule has 0 radical (unpaired) electrons.